The molecule has 0 atom stereocenters. The molecule has 0 saturated carbocycles. The summed E-state index contributed by atoms with van der Waals surface area (Å²) in [5.74, 6) is 0.472. The van der Waals surface area contributed by atoms with Gasteiger partial charge >= 0.3 is 0 Å². The first-order valence-electron chi connectivity index (χ1n) is 4.68. The maximum atomic E-state index is 5.94. The van der Waals surface area contributed by atoms with Crippen LogP contribution < -0.4 is 0 Å². The zero-order chi connectivity index (χ0) is 12.5. The Morgan fingerprint density at radius 1 is 1.33 bits per heavy atom. The number of aromatic nitrogens is 6. The van der Waals surface area contributed by atoms with Gasteiger partial charge in [-0.05, 0) is 18.0 Å². The molecule has 0 fully saturated rings. The summed E-state index contributed by atoms with van der Waals surface area (Å²) in [4.78, 5) is 8.07. The van der Waals surface area contributed by atoms with Crippen molar-refractivity contribution >= 4 is 52.2 Å². The number of nitrogens with zero attached hydrogens (tertiary/aromatic N) is 6. The molecule has 0 unspecified atom stereocenters. The van der Waals surface area contributed by atoms with Crippen LogP contribution in [0.25, 0.3) is 5.78 Å². The molecule has 0 spiro atoms. The fourth-order valence-corrected chi connectivity index (χ4v) is 3.95. The van der Waals surface area contributed by atoms with Gasteiger partial charge in [-0.1, -0.05) is 34.7 Å². The summed E-state index contributed by atoms with van der Waals surface area (Å²) >= 11 is 10.5. The highest BCUT2D eigenvalue weighted by molar-refractivity contribution is 8.02. The molecule has 3 heterocycles. The molecule has 0 amide bonds. The molecule has 0 aromatic carbocycles. The predicted octanol–water partition coefficient (Wildman–Crippen LogP) is 2.50. The molecular weight excluding hydrogens is 312 g/mol. The van der Waals surface area contributed by atoms with Gasteiger partial charge in [0.25, 0.3) is 5.78 Å². The fraction of sp³-hybridized carbons (Fsp3) is 0.125. The number of halogens is 1. The Hall–Kier alpha value is -0.900. The highest BCUT2D eigenvalue weighted by atomic mass is 35.5. The molecule has 0 N–H and O–H groups in total. The van der Waals surface area contributed by atoms with Crippen molar-refractivity contribution in [3.05, 3.63) is 17.5 Å². The minimum Gasteiger partial charge on any atom is -0.199 e. The van der Waals surface area contributed by atoms with Gasteiger partial charge in [0.15, 0.2) is 8.68 Å². The van der Waals surface area contributed by atoms with E-state index < -0.39 is 0 Å². The number of rotatable bonds is 3. The Morgan fingerprint density at radius 3 is 2.94 bits per heavy atom. The third kappa shape index (κ3) is 2.30. The Labute approximate surface area is 119 Å². The van der Waals surface area contributed by atoms with Gasteiger partial charge in [0, 0.05) is 6.07 Å². The van der Waals surface area contributed by atoms with Gasteiger partial charge in [-0.25, -0.2) is 0 Å². The average molecular weight is 317 g/mol. The number of hydrogen-bond donors (Lipinski definition) is 0. The minimum atomic E-state index is 0.382. The third-order valence-corrected chi connectivity index (χ3v) is 5.09. The van der Waals surface area contributed by atoms with Crippen LogP contribution in [0.5, 0.6) is 0 Å². The van der Waals surface area contributed by atoms with E-state index in [9.17, 15) is 0 Å². The Bertz CT molecular complexity index is 695. The first-order valence-corrected chi connectivity index (χ1v) is 7.91. The van der Waals surface area contributed by atoms with Crippen LogP contribution in [-0.2, 0) is 0 Å². The Morgan fingerprint density at radius 2 is 2.17 bits per heavy atom. The normalized spacial score (nSPS) is 11.2. The van der Waals surface area contributed by atoms with Gasteiger partial charge in [-0.2, -0.15) is 19.6 Å². The monoisotopic (exact) mass is 316 g/mol. The molecule has 0 saturated heterocycles. The molecule has 92 valence electrons. The first-order chi connectivity index (χ1) is 8.76. The van der Waals surface area contributed by atoms with Gasteiger partial charge in [-0.15, -0.1) is 10.2 Å². The minimum absolute atomic E-state index is 0.382. The van der Waals surface area contributed by atoms with Crippen molar-refractivity contribution in [3.63, 3.8) is 0 Å². The highest BCUT2D eigenvalue weighted by Crippen LogP contribution is 2.33. The second-order valence-corrected chi connectivity index (χ2v) is 6.71. The summed E-state index contributed by atoms with van der Waals surface area (Å²) in [6.07, 6.45) is 3.41. The van der Waals surface area contributed by atoms with Gasteiger partial charge in [0.1, 0.15) is 16.5 Å². The SMILES string of the molecule is CSc1nnc(Sc2cc(Cl)nc3ncnn23)s1. The van der Waals surface area contributed by atoms with E-state index in [1.165, 1.54) is 29.4 Å². The smallest absolute Gasteiger partial charge is 0.199 e. The second kappa shape index (κ2) is 5.00. The zero-order valence-electron chi connectivity index (χ0n) is 8.94. The van der Waals surface area contributed by atoms with Crippen molar-refractivity contribution in [2.24, 2.45) is 0 Å². The van der Waals surface area contributed by atoms with Crippen LogP contribution in [-0.4, -0.2) is 36.0 Å². The van der Waals surface area contributed by atoms with Crippen molar-refractivity contribution in [2.45, 2.75) is 13.7 Å². The number of thioether (sulfide) groups is 1. The predicted molar refractivity (Wildman–Crippen MR) is 71.6 cm³/mol. The summed E-state index contributed by atoms with van der Waals surface area (Å²) in [6, 6.07) is 1.73. The summed E-state index contributed by atoms with van der Waals surface area (Å²) < 4.78 is 3.38. The highest BCUT2D eigenvalue weighted by Gasteiger charge is 2.11. The third-order valence-electron chi connectivity index (χ3n) is 1.94. The lowest BCUT2D eigenvalue weighted by molar-refractivity contribution is 0.840. The van der Waals surface area contributed by atoms with Crippen molar-refractivity contribution in [3.8, 4) is 0 Å². The van der Waals surface area contributed by atoms with Gasteiger partial charge in [-0.3, -0.25) is 0 Å². The first kappa shape index (κ1) is 12.2. The average Bonchev–Trinajstić information content (AvgIpc) is 2.97. The second-order valence-electron chi connectivity index (χ2n) is 3.03. The van der Waals surface area contributed by atoms with E-state index in [0.29, 0.717) is 10.9 Å². The Balaban J connectivity index is 2.00. The van der Waals surface area contributed by atoms with Crippen LogP contribution in [0.1, 0.15) is 0 Å². The molecule has 0 aliphatic heterocycles. The van der Waals surface area contributed by atoms with Crippen LogP contribution >= 0.6 is 46.5 Å². The lowest BCUT2D eigenvalue weighted by Crippen LogP contribution is -1.95. The number of hydrogen-bond acceptors (Lipinski definition) is 8. The van der Waals surface area contributed by atoms with Gasteiger partial charge in [0.2, 0.25) is 0 Å². The molecular formula is C8H5ClN6S3. The van der Waals surface area contributed by atoms with Crippen molar-refractivity contribution in [1.82, 2.24) is 29.8 Å². The van der Waals surface area contributed by atoms with Gasteiger partial charge < -0.3 is 0 Å². The van der Waals surface area contributed by atoms with Crippen LogP contribution in [0.15, 0.2) is 26.1 Å². The topological polar surface area (TPSA) is 68.9 Å². The molecule has 3 aromatic heterocycles. The van der Waals surface area contributed by atoms with E-state index in [4.69, 9.17) is 11.6 Å². The van der Waals surface area contributed by atoms with E-state index in [-0.39, 0.29) is 0 Å². The summed E-state index contributed by atoms with van der Waals surface area (Å²) in [7, 11) is 0. The quantitative estimate of drug-likeness (QED) is 0.543. The van der Waals surface area contributed by atoms with Crippen molar-refractivity contribution in [2.75, 3.05) is 6.26 Å². The molecule has 0 aliphatic carbocycles. The lowest BCUT2D eigenvalue weighted by Gasteiger charge is -2.00. The maximum absolute atomic E-state index is 5.94. The van der Waals surface area contributed by atoms with Crippen molar-refractivity contribution < 1.29 is 0 Å². The maximum Gasteiger partial charge on any atom is 0.254 e. The molecule has 0 aliphatic rings. The van der Waals surface area contributed by atoms with E-state index in [0.717, 1.165) is 13.7 Å². The van der Waals surface area contributed by atoms with E-state index >= 15 is 0 Å². The summed E-state index contributed by atoms with van der Waals surface area (Å²) in [6.45, 7) is 0. The molecule has 6 nitrogen and oxygen atoms in total. The van der Waals surface area contributed by atoms with Crippen LogP contribution in [0.4, 0.5) is 0 Å². The Kier molecular flexibility index (Phi) is 3.37. The van der Waals surface area contributed by atoms with Gasteiger partial charge in [0.05, 0.1) is 0 Å². The molecule has 3 rings (SSSR count). The largest absolute Gasteiger partial charge is 0.254 e. The van der Waals surface area contributed by atoms with Crippen molar-refractivity contribution in [1.29, 1.82) is 0 Å². The summed E-state index contributed by atoms with van der Waals surface area (Å²) in [5, 5.41) is 13.4. The van der Waals surface area contributed by atoms with Crippen LogP contribution in [0, 0.1) is 0 Å². The summed E-state index contributed by atoms with van der Waals surface area (Å²) in [5.41, 5.74) is 0. The molecule has 0 bridgehead atoms. The fourth-order valence-electron chi connectivity index (χ4n) is 1.24. The zero-order valence-corrected chi connectivity index (χ0v) is 12.1. The molecule has 0 radical (unpaired) electrons. The van der Waals surface area contributed by atoms with E-state index in [2.05, 4.69) is 25.3 Å². The van der Waals surface area contributed by atoms with Crippen LogP contribution in [0.2, 0.25) is 5.15 Å². The molecule has 18 heavy (non-hydrogen) atoms. The standard InChI is InChI=1S/C8H5ClN6S3/c1-16-7-13-14-8(18-7)17-5-2-4(9)12-6-10-3-11-15(5)6/h2-3H,1H3. The number of fused-ring (bicyclic) bond motifs is 1. The van der Waals surface area contributed by atoms with E-state index in [1.54, 1.807) is 22.3 Å². The molecule has 10 heteroatoms. The van der Waals surface area contributed by atoms with E-state index in [1.807, 2.05) is 6.26 Å². The van der Waals surface area contributed by atoms with Crippen LogP contribution in [0.3, 0.4) is 0 Å². The lowest BCUT2D eigenvalue weighted by atomic mass is 10.7. The molecule has 3 aromatic rings.